The Morgan fingerprint density at radius 2 is 1.87 bits per heavy atom. The number of likely N-dealkylation sites (N-methyl/N-ethyl adjacent to an activating group) is 1. The summed E-state index contributed by atoms with van der Waals surface area (Å²) in [5, 5.41) is 4.88. The number of anilines is 1. The number of aromatic nitrogens is 1. The van der Waals surface area contributed by atoms with Crippen LogP contribution in [0.5, 0.6) is 0 Å². The van der Waals surface area contributed by atoms with Gasteiger partial charge < -0.3 is 5.32 Å². The Hall–Kier alpha value is -2.63. The summed E-state index contributed by atoms with van der Waals surface area (Å²) in [4.78, 5) is 22.3. The molecule has 1 amide bonds. The number of amides is 1. The third-order valence-electron chi connectivity index (χ3n) is 7.78. The number of fused-ring (bicyclic) bond motifs is 2. The molecule has 1 unspecified atom stereocenters. The molecule has 6 rings (SSSR count). The number of rotatable bonds is 6. The van der Waals surface area contributed by atoms with Gasteiger partial charge in [-0.25, -0.2) is 13.4 Å². The highest BCUT2D eigenvalue weighted by molar-refractivity contribution is 7.89. The number of piperidine rings is 1. The highest BCUT2D eigenvalue weighted by Gasteiger charge is 2.31. The lowest BCUT2D eigenvalue weighted by Gasteiger charge is -2.32. The Morgan fingerprint density at radius 3 is 2.62 bits per heavy atom. The lowest BCUT2D eigenvalue weighted by Crippen LogP contribution is -2.41. The number of carbonyl (C=O) groups is 1. The molecule has 2 aromatic heterocycles. The number of nitrogens with one attached hydrogen (secondary N) is 1. The van der Waals surface area contributed by atoms with Crippen LogP contribution in [0.1, 0.15) is 53.9 Å². The maximum atomic E-state index is 13.4. The molecule has 39 heavy (non-hydrogen) atoms. The third-order valence-corrected chi connectivity index (χ3v) is 12.0. The zero-order valence-electron chi connectivity index (χ0n) is 22.1. The van der Waals surface area contributed by atoms with Crippen LogP contribution in [0, 0.1) is 0 Å². The fourth-order valence-corrected chi connectivity index (χ4v) is 9.63. The first-order chi connectivity index (χ1) is 18.8. The number of para-hydroxylation sites is 1. The number of thiazole rings is 1. The normalized spacial score (nSPS) is 18.8. The van der Waals surface area contributed by atoms with Gasteiger partial charge in [0.2, 0.25) is 10.0 Å². The number of carbonyl (C=O) groups excluding carboxylic acids is 1. The summed E-state index contributed by atoms with van der Waals surface area (Å²) in [6.07, 6.45) is 3.72. The SMILES string of the molecule is CCN1CCc2c(sc(NC(=O)c3ccc(S(=O)(=O)N4CCCCC4C)cc3)c2-c2nc3ccccc3s2)C1. The second kappa shape index (κ2) is 10.7. The maximum Gasteiger partial charge on any atom is 0.256 e. The van der Waals surface area contributed by atoms with Crippen molar-refractivity contribution in [2.45, 2.75) is 57.0 Å². The number of sulfonamides is 1. The minimum Gasteiger partial charge on any atom is -0.313 e. The molecule has 1 N–H and O–H groups in total. The molecule has 1 fully saturated rings. The van der Waals surface area contributed by atoms with Crippen LogP contribution in [0.4, 0.5) is 5.00 Å². The van der Waals surface area contributed by atoms with Crippen LogP contribution in [0.2, 0.25) is 0 Å². The molecular formula is C29H32N4O3S3. The summed E-state index contributed by atoms with van der Waals surface area (Å²) in [7, 11) is -3.59. The lowest BCUT2D eigenvalue weighted by atomic mass is 10.0. The molecule has 0 bridgehead atoms. The Kier molecular flexibility index (Phi) is 7.32. The topological polar surface area (TPSA) is 82.6 Å². The molecule has 2 aromatic carbocycles. The van der Waals surface area contributed by atoms with Gasteiger partial charge in [0.15, 0.2) is 0 Å². The van der Waals surface area contributed by atoms with Gasteiger partial charge in [0.1, 0.15) is 10.0 Å². The third kappa shape index (κ3) is 5.04. The first-order valence-electron chi connectivity index (χ1n) is 13.5. The van der Waals surface area contributed by atoms with Crippen LogP contribution in [0.25, 0.3) is 20.8 Å². The second-order valence-electron chi connectivity index (χ2n) is 10.3. The van der Waals surface area contributed by atoms with E-state index in [2.05, 4.69) is 23.2 Å². The van der Waals surface area contributed by atoms with E-state index >= 15 is 0 Å². The van der Waals surface area contributed by atoms with Crippen molar-refractivity contribution >= 4 is 53.8 Å². The van der Waals surface area contributed by atoms with Crippen LogP contribution in [0.3, 0.4) is 0 Å². The van der Waals surface area contributed by atoms with E-state index in [-0.39, 0.29) is 16.8 Å². The van der Waals surface area contributed by atoms with Crippen LogP contribution < -0.4 is 5.32 Å². The molecule has 0 saturated carbocycles. The Labute approximate surface area is 237 Å². The van der Waals surface area contributed by atoms with Crippen molar-refractivity contribution < 1.29 is 13.2 Å². The molecule has 10 heteroatoms. The van der Waals surface area contributed by atoms with Crippen molar-refractivity contribution in [1.82, 2.24) is 14.2 Å². The standard InChI is InChI=1S/C29H32N4O3S3/c1-3-32-17-15-22-25(18-32)38-29(26(22)28-30-23-9-4-5-10-24(23)37-28)31-27(34)20-11-13-21(14-12-20)39(35,36)33-16-7-6-8-19(33)2/h4-5,9-14,19H,3,6-8,15-18H2,1-2H3,(H,31,34). The summed E-state index contributed by atoms with van der Waals surface area (Å²) in [5.41, 5.74) is 3.69. The summed E-state index contributed by atoms with van der Waals surface area (Å²) in [6, 6.07) is 14.4. The Morgan fingerprint density at radius 1 is 1.08 bits per heavy atom. The fraction of sp³-hybridized carbons (Fsp3) is 0.379. The Bertz CT molecular complexity index is 1590. The molecule has 7 nitrogen and oxygen atoms in total. The van der Waals surface area contributed by atoms with Crippen molar-refractivity contribution in [2.75, 3.05) is 25.0 Å². The van der Waals surface area contributed by atoms with Crippen LogP contribution in [-0.4, -0.2) is 54.2 Å². The smallest absolute Gasteiger partial charge is 0.256 e. The zero-order valence-corrected chi connectivity index (χ0v) is 24.6. The van der Waals surface area contributed by atoms with Gasteiger partial charge in [-0.05, 0) is 74.7 Å². The summed E-state index contributed by atoms with van der Waals surface area (Å²) >= 11 is 3.27. The van der Waals surface area contributed by atoms with E-state index in [1.165, 1.54) is 10.4 Å². The van der Waals surface area contributed by atoms with Crippen molar-refractivity contribution in [3.8, 4) is 10.6 Å². The monoisotopic (exact) mass is 580 g/mol. The average molecular weight is 581 g/mol. The molecule has 4 heterocycles. The quantitative estimate of drug-likeness (QED) is 0.293. The first kappa shape index (κ1) is 26.6. The largest absolute Gasteiger partial charge is 0.313 e. The molecule has 2 aliphatic heterocycles. The number of hydrogen-bond donors (Lipinski definition) is 1. The van der Waals surface area contributed by atoms with E-state index in [0.717, 1.165) is 71.1 Å². The zero-order chi connectivity index (χ0) is 27.1. The van der Waals surface area contributed by atoms with Gasteiger partial charge >= 0.3 is 0 Å². The van der Waals surface area contributed by atoms with E-state index in [1.54, 1.807) is 51.2 Å². The molecule has 1 atom stereocenters. The van der Waals surface area contributed by atoms with Gasteiger partial charge in [-0.2, -0.15) is 4.31 Å². The molecular weight excluding hydrogens is 549 g/mol. The molecule has 204 valence electrons. The minimum absolute atomic E-state index is 0.0128. The molecule has 1 saturated heterocycles. The number of thiophene rings is 1. The molecule has 4 aromatic rings. The minimum atomic E-state index is -3.59. The van der Waals surface area contributed by atoms with E-state index in [1.807, 2.05) is 25.1 Å². The van der Waals surface area contributed by atoms with E-state index < -0.39 is 10.0 Å². The van der Waals surface area contributed by atoms with Crippen molar-refractivity contribution in [3.05, 3.63) is 64.5 Å². The highest BCUT2D eigenvalue weighted by Crippen LogP contribution is 2.45. The number of benzene rings is 2. The molecule has 0 aliphatic carbocycles. The summed E-state index contributed by atoms with van der Waals surface area (Å²) < 4.78 is 29.2. The fourth-order valence-electron chi connectivity index (χ4n) is 5.54. The summed E-state index contributed by atoms with van der Waals surface area (Å²) in [5.74, 6) is -0.251. The molecule has 0 spiro atoms. The molecule has 0 radical (unpaired) electrons. The Balaban J connectivity index is 1.30. The van der Waals surface area contributed by atoms with Gasteiger partial charge in [-0.1, -0.05) is 25.5 Å². The predicted octanol–water partition coefficient (Wildman–Crippen LogP) is 6.22. The van der Waals surface area contributed by atoms with E-state index in [4.69, 9.17) is 4.98 Å². The highest BCUT2D eigenvalue weighted by atomic mass is 32.2. The van der Waals surface area contributed by atoms with Gasteiger partial charge in [0.25, 0.3) is 5.91 Å². The number of hydrogen-bond acceptors (Lipinski definition) is 7. The van der Waals surface area contributed by atoms with Crippen LogP contribution in [-0.2, 0) is 23.0 Å². The van der Waals surface area contributed by atoms with E-state index in [0.29, 0.717) is 12.1 Å². The van der Waals surface area contributed by atoms with Crippen LogP contribution in [0.15, 0.2) is 53.4 Å². The second-order valence-corrected chi connectivity index (χ2v) is 14.3. The summed E-state index contributed by atoms with van der Waals surface area (Å²) in [6.45, 7) is 7.51. The van der Waals surface area contributed by atoms with Crippen molar-refractivity contribution in [2.24, 2.45) is 0 Å². The van der Waals surface area contributed by atoms with Crippen molar-refractivity contribution in [1.29, 1.82) is 0 Å². The average Bonchev–Trinajstić information content (AvgIpc) is 3.53. The molecule has 2 aliphatic rings. The maximum absolute atomic E-state index is 13.4. The van der Waals surface area contributed by atoms with Gasteiger partial charge in [-0.15, -0.1) is 22.7 Å². The predicted molar refractivity (Wildman–Crippen MR) is 159 cm³/mol. The van der Waals surface area contributed by atoms with Gasteiger partial charge in [0.05, 0.1) is 15.1 Å². The van der Waals surface area contributed by atoms with Crippen LogP contribution >= 0.6 is 22.7 Å². The van der Waals surface area contributed by atoms with E-state index in [9.17, 15) is 13.2 Å². The first-order valence-corrected chi connectivity index (χ1v) is 16.6. The number of nitrogens with zero attached hydrogens (tertiary/aromatic N) is 3. The van der Waals surface area contributed by atoms with Crippen molar-refractivity contribution in [3.63, 3.8) is 0 Å². The lowest BCUT2D eigenvalue weighted by molar-refractivity contribution is 0.102. The van der Waals surface area contributed by atoms with Gasteiger partial charge in [0, 0.05) is 41.7 Å². The van der Waals surface area contributed by atoms with Gasteiger partial charge in [-0.3, -0.25) is 9.69 Å².